The fourth-order valence-corrected chi connectivity index (χ4v) is 2.70. The number of ether oxygens (including phenoxy) is 2. The van der Waals surface area contributed by atoms with Gasteiger partial charge in [-0.3, -0.25) is 4.79 Å². The molecule has 30 heavy (non-hydrogen) atoms. The van der Waals surface area contributed by atoms with Crippen molar-refractivity contribution in [2.24, 2.45) is 5.10 Å². The van der Waals surface area contributed by atoms with Gasteiger partial charge in [0.1, 0.15) is 18.1 Å². The summed E-state index contributed by atoms with van der Waals surface area (Å²) < 4.78 is 11.2. The minimum atomic E-state index is -0.318. The highest BCUT2D eigenvalue weighted by molar-refractivity contribution is 5.83. The first kappa shape index (κ1) is 21.1. The number of rotatable bonds is 9. The van der Waals surface area contributed by atoms with Gasteiger partial charge >= 0.3 is 0 Å². The number of nitrogens with zero attached hydrogens (tertiary/aromatic N) is 1. The second kappa shape index (κ2) is 10.8. The molecule has 0 fully saturated rings. The number of carbonyl (C=O) groups is 1. The van der Waals surface area contributed by atoms with Crippen LogP contribution in [0.4, 0.5) is 0 Å². The van der Waals surface area contributed by atoms with E-state index in [4.69, 9.17) is 9.47 Å². The fourth-order valence-electron chi connectivity index (χ4n) is 2.70. The van der Waals surface area contributed by atoms with Crippen LogP contribution in [0, 0.1) is 0 Å². The standard InChI is InChI=1S/C25H26N2O3/c1-19(2)22-10-14-24(15-11-22)30-18-25(28)27-26-16-20-8-12-23(13-9-20)29-17-21-6-4-3-5-7-21/h3-16,19H,17-18H2,1-2H3,(H,27,28)/b26-16+. The lowest BCUT2D eigenvalue weighted by Gasteiger charge is -2.08. The SMILES string of the molecule is CC(C)c1ccc(OCC(=O)N/N=C/c2ccc(OCc3ccccc3)cc2)cc1. The van der Waals surface area contributed by atoms with Crippen LogP contribution in [0.15, 0.2) is 84.0 Å². The second-order valence-electron chi connectivity index (χ2n) is 7.15. The Kier molecular flexibility index (Phi) is 7.61. The van der Waals surface area contributed by atoms with E-state index < -0.39 is 0 Å². The Morgan fingerprint density at radius 2 is 1.53 bits per heavy atom. The van der Waals surface area contributed by atoms with Crippen molar-refractivity contribution >= 4 is 12.1 Å². The average molecular weight is 402 g/mol. The summed E-state index contributed by atoms with van der Waals surface area (Å²) in [4.78, 5) is 11.9. The monoisotopic (exact) mass is 402 g/mol. The Morgan fingerprint density at radius 1 is 0.900 bits per heavy atom. The lowest BCUT2D eigenvalue weighted by Crippen LogP contribution is -2.24. The van der Waals surface area contributed by atoms with Crippen molar-refractivity contribution in [3.8, 4) is 11.5 Å². The fraction of sp³-hybridized carbons (Fsp3) is 0.200. The molecule has 1 N–H and O–H groups in total. The van der Waals surface area contributed by atoms with Gasteiger partial charge < -0.3 is 9.47 Å². The average Bonchev–Trinajstić information content (AvgIpc) is 2.78. The second-order valence-corrected chi connectivity index (χ2v) is 7.15. The topological polar surface area (TPSA) is 59.9 Å². The summed E-state index contributed by atoms with van der Waals surface area (Å²) >= 11 is 0. The Bertz CT molecular complexity index is 950. The Labute approximate surface area is 177 Å². The van der Waals surface area contributed by atoms with Crippen LogP contribution in [0.2, 0.25) is 0 Å². The van der Waals surface area contributed by atoms with E-state index in [1.807, 2.05) is 78.9 Å². The smallest absolute Gasteiger partial charge is 0.277 e. The lowest BCUT2D eigenvalue weighted by molar-refractivity contribution is -0.123. The van der Waals surface area contributed by atoms with Crippen LogP contribution in [0.5, 0.6) is 11.5 Å². The molecule has 0 heterocycles. The number of hydrogen-bond acceptors (Lipinski definition) is 4. The van der Waals surface area contributed by atoms with Crippen molar-refractivity contribution in [3.05, 3.63) is 95.6 Å². The molecule has 0 radical (unpaired) electrons. The number of hydrazone groups is 1. The van der Waals surface area contributed by atoms with Crippen LogP contribution < -0.4 is 14.9 Å². The molecule has 0 saturated heterocycles. The van der Waals surface area contributed by atoms with Crippen molar-refractivity contribution < 1.29 is 14.3 Å². The van der Waals surface area contributed by atoms with E-state index in [1.165, 1.54) is 5.56 Å². The maximum absolute atomic E-state index is 11.9. The number of nitrogens with one attached hydrogen (secondary N) is 1. The van der Waals surface area contributed by atoms with E-state index in [0.717, 1.165) is 16.9 Å². The van der Waals surface area contributed by atoms with Gasteiger partial charge in [0.25, 0.3) is 5.91 Å². The van der Waals surface area contributed by atoms with E-state index in [9.17, 15) is 4.79 Å². The predicted octanol–water partition coefficient (Wildman–Crippen LogP) is 4.92. The molecule has 0 aromatic heterocycles. The Hall–Kier alpha value is -3.60. The Balaban J connectivity index is 1.40. The number of benzene rings is 3. The third-order valence-electron chi connectivity index (χ3n) is 4.45. The molecule has 154 valence electrons. The molecule has 0 aliphatic heterocycles. The van der Waals surface area contributed by atoms with Gasteiger partial charge in [0.2, 0.25) is 0 Å². The molecule has 0 aliphatic carbocycles. The van der Waals surface area contributed by atoms with Crippen LogP contribution in [-0.2, 0) is 11.4 Å². The summed E-state index contributed by atoms with van der Waals surface area (Å²) in [6.07, 6.45) is 1.58. The van der Waals surface area contributed by atoms with Crippen LogP contribution in [0.3, 0.4) is 0 Å². The molecule has 3 aromatic rings. The van der Waals surface area contributed by atoms with Crippen LogP contribution in [-0.4, -0.2) is 18.7 Å². The summed E-state index contributed by atoms with van der Waals surface area (Å²) in [5.41, 5.74) is 5.67. The largest absolute Gasteiger partial charge is 0.489 e. The molecule has 3 rings (SSSR count). The van der Waals surface area contributed by atoms with Crippen LogP contribution in [0.25, 0.3) is 0 Å². The van der Waals surface area contributed by atoms with E-state index in [2.05, 4.69) is 24.4 Å². The lowest BCUT2D eigenvalue weighted by atomic mass is 10.0. The van der Waals surface area contributed by atoms with Gasteiger partial charge in [0, 0.05) is 0 Å². The summed E-state index contributed by atoms with van der Waals surface area (Å²) in [6.45, 7) is 4.69. The molecule has 0 bridgehead atoms. The first-order chi connectivity index (χ1) is 14.6. The maximum Gasteiger partial charge on any atom is 0.277 e. The highest BCUT2D eigenvalue weighted by Crippen LogP contribution is 2.18. The van der Waals surface area contributed by atoms with Crippen molar-refractivity contribution in [1.82, 2.24) is 5.43 Å². The van der Waals surface area contributed by atoms with Gasteiger partial charge in [-0.15, -0.1) is 0 Å². The van der Waals surface area contributed by atoms with E-state index >= 15 is 0 Å². The molecular formula is C25H26N2O3. The minimum absolute atomic E-state index is 0.0926. The maximum atomic E-state index is 11.9. The predicted molar refractivity (Wildman–Crippen MR) is 119 cm³/mol. The van der Waals surface area contributed by atoms with Gasteiger partial charge in [0.15, 0.2) is 6.61 Å². The van der Waals surface area contributed by atoms with Gasteiger partial charge in [-0.05, 0) is 59.0 Å². The summed E-state index contributed by atoms with van der Waals surface area (Å²) in [6, 6.07) is 25.2. The quantitative estimate of drug-likeness (QED) is 0.408. The highest BCUT2D eigenvalue weighted by atomic mass is 16.5. The molecule has 0 unspecified atom stereocenters. The van der Waals surface area contributed by atoms with E-state index in [1.54, 1.807) is 6.21 Å². The molecule has 5 nitrogen and oxygen atoms in total. The first-order valence-electron chi connectivity index (χ1n) is 9.91. The molecule has 5 heteroatoms. The molecule has 3 aromatic carbocycles. The van der Waals surface area contributed by atoms with Gasteiger partial charge in [-0.25, -0.2) is 5.43 Å². The molecule has 0 aliphatic rings. The van der Waals surface area contributed by atoms with Gasteiger partial charge in [-0.1, -0.05) is 56.3 Å². The summed E-state index contributed by atoms with van der Waals surface area (Å²) in [5, 5.41) is 3.97. The zero-order valence-electron chi connectivity index (χ0n) is 17.2. The summed E-state index contributed by atoms with van der Waals surface area (Å²) in [7, 11) is 0. The molecule has 0 spiro atoms. The van der Waals surface area contributed by atoms with Gasteiger partial charge in [-0.2, -0.15) is 5.10 Å². The van der Waals surface area contributed by atoms with E-state index in [0.29, 0.717) is 18.3 Å². The molecule has 1 amide bonds. The normalized spacial score (nSPS) is 10.9. The number of carbonyl (C=O) groups excluding carboxylic acids is 1. The van der Waals surface area contributed by atoms with Crippen molar-refractivity contribution in [2.45, 2.75) is 26.4 Å². The number of amides is 1. The third-order valence-corrected chi connectivity index (χ3v) is 4.45. The Morgan fingerprint density at radius 3 is 2.20 bits per heavy atom. The van der Waals surface area contributed by atoms with Crippen LogP contribution >= 0.6 is 0 Å². The van der Waals surface area contributed by atoms with Crippen LogP contribution in [0.1, 0.15) is 36.5 Å². The van der Waals surface area contributed by atoms with Crippen molar-refractivity contribution in [1.29, 1.82) is 0 Å². The van der Waals surface area contributed by atoms with Crippen molar-refractivity contribution in [2.75, 3.05) is 6.61 Å². The third kappa shape index (κ3) is 6.78. The number of hydrogen-bond donors (Lipinski definition) is 1. The summed E-state index contributed by atoms with van der Waals surface area (Å²) in [5.74, 6) is 1.57. The minimum Gasteiger partial charge on any atom is -0.489 e. The molecule has 0 atom stereocenters. The van der Waals surface area contributed by atoms with Crippen molar-refractivity contribution in [3.63, 3.8) is 0 Å². The highest BCUT2D eigenvalue weighted by Gasteiger charge is 2.03. The van der Waals surface area contributed by atoms with Gasteiger partial charge in [0.05, 0.1) is 6.21 Å². The molecular weight excluding hydrogens is 376 g/mol. The zero-order chi connectivity index (χ0) is 21.2. The molecule has 0 saturated carbocycles. The van der Waals surface area contributed by atoms with E-state index in [-0.39, 0.29) is 12.5 Å². The first-order valence-corrected chi connectivity index (χ1v) is 9.91. The zero-order valence-corrected chi connectivity index (χ0v) is 17.2.